The van der Waals surface area contributed by atoms with Crippen molar-refractivity contribution in [2.45, 2.75) is 51.7 Å². The number of ether oxygens (including phenoxy) is 3. The maximum atomic E-state index is 13.6. The van der Waals surface area contributed by atoms with Gasteiger partial charge in [-0.05, 0) is 55.5 Å². The molecule has 2 aliphatic rings. The molecule has 194 valence electrons. The van der Waals surface area contributed by atoms with E-state index < -0.39 is 35.3 Å². The minimum absolute atomic E-state index is 0.207. The summed E-state index contributed by atoms with van der Waals surface area (Å²) in [6.45, 7) is 6.11. The number of hydrogen-bond donors (Lipinski definition) is 1. The number of rotatable bonds is 9. The molecule has 1 amide bonds. The fraction of sp³-hybridized carbons (Fsp3) is 0.500. The molecule has 1 aliphatic carbocycles. The second-order valence-electron chi connectivity index (χ2n) is 10.2. The molecule has 7 nitrogen and oxygen atoms in total. The molecule has 0 radical (unpaired) electrons. The Kier molecular flexibility index (Phi) is 7.54. The van der Waals surface area contributed by atoms with E-state index in [1.165, 1.54) is 44.0 Å². The van der Waals surface area contributed by atoms with Gasteiger partial charge in [-0.2, -0.15) is 0 Å². The molecule has 2 aromatic carbocycles. The third-order valence-corrected chi connectivity index (χ3v) is 7.44. The number of carbonyl (C=O) groups excluding carboxylic acids is 2. The third-order valence-electron chi connectivity index (χ3n) is 7.44. The zero-order valence-electron chi connectivity index (χ0n) is 21.2. The lowest BCUT2D eigenvalue weighted by atomic mass is 9.72. The molecule has 1 saturated carbocycles. The van der Waals surface area contributed by atoms with Gasteiger partial charge in [0.05, 0.1) is 19.8 Å². The molecule has 1 heterocycles. The van der Waals surface area contributed by atoms with Crippen molar-refractivity contribution in [1.82, 2.24) is 4.90 Å². The summed E-state index contributed by atoms with van der Waals surface area (Å²) in [4.78, 5) is 27.1. The van der Waals surface area contributed by atoms with Gasteiger partial charge >= 0.3 is 5.97 Å². The fourth-order valence-electron chi connectivity index (χ4n) is 4.84. The monoisotopic (exact) mass is 499 g/mol. The Labute approximate surface area is 211 Å². The molecule has 4 atom stereocenters. The van der Waals surface area contributed by atoms with Crippen LogP contribution >= 0.6 is 0 Å². The lowest BCUT2D eigenvalue weighted by Crippen LogP contribution is -2.39. The van der Waals surface area contributed by atoms with E-state index in [2.05, 4.69) is 0 Å². The van der Waals surface area contributed by atoms with Crippen LogP contribution in [0.4, 0.5) is 4.39 Å². The molecule has 0 bridgehead atoms. The average molecular weight is 500 g/mol. The summed E-state index contributed by atoms with van der Waals surface area (Å²) in [7, 11) is 1.60. The Balaban J connectivity index is 1.63. The second kappa shape index (κ2) is 10.5. The van der Waals surface area contributed by atoms with Crippen LogP contribution < -0.4 is 9.47 Å². The van der Waals surface area contributed by atoms with Gasteiger partial charge in [-0.25, -0.2) is 4.39 Å². The Hall–Kier alpha value is -3.13. The summed E-state index contributed by atoms with van der Waals surface area (Å²) in [5.41, 5.74) is 0.645. The maximum Gasteiger partial charge on any atom is 0.303 e. The molecular formula is C28H34FNO6. The lowest BCUT2D eigenvalue weighted by molar-refractivity contribution is -0.159. The van der Waals surface area contributed by atoms with E-state index in [0.29, 0.717) is 36.1 Å². The molecule has 0 spiro atoms. The van der Waals surface area contributed by atoms with E-state index in [1.54, 1.807) is 18.9 Å². The number of amides is 1. The van der Waals surface area contributed by atoms with Crippen LogP contribution in [0.3, 0.4) is 0 Å². The molecular weight excluding hydrogens is 465 g/mol. The van der Waals surface area contributed by atoms with Crippen LogP contribution in [0.15, 0.2) is 42.5 Å². The van der Waals surface area contributed by atoms with Gasteiger partial charge in [0.2, 0.25) is 6.10 Å². The second-order valence-corrected chi connectivity index (χ2v) is 10.2. The summed E-state index contributed by atoms with van der Waals surface area (Å²) < 4.78 is 30.4. The van der Waals surface area contributed by atoms with Crippen molar-refractivity contribution < 1.29 is 33.3 Å². The first-order valence-corrected chi connectivity index (χ1v) is 12.3. The van der Waals surface area contributed by atoms with E-state index in [-0.39, 0.29) is 12.5 Å². The summed E-state index contributed by atoms with van der Waals surface area (Å²) in [5, 5.41) is 10.8. The number of aliphatic hydroxyl groups is 1. The Morgan fingerprint density at radius 1 is 1.17 bits per heavy atom. The van der Waals surface area contributed by atoms with Crippen molar-refractivity contribution in [1.29, 1.82) is 0 Å². The molecule has 4 unspecified atom stereocenters. The topological polar surface area (TPSA) is 85.3 Å². The molecule has 36 heavy (non-hydrogen) atoms. The van der Waals surface area contributed by atoms with E-state index >= 15 is 0 Å². The quantitative estimate of drug-likeness (QED) is 0.520. The van der Waals surface area contributed by atoms with E-state index in [9.17, 15) is 19.1 Å². The van der Waals surface area contributed by atoms with Crippen LogP contribution in [0.25, 0.3) is 0 Å². The molecule has 2 aromatic rings. The van der Waals surface area contributed by atoms with Crippen molar-refractivity contribution in [3.8, 4) is 11.5 Å². The first-order valence-electron chi connectivity index (χ1n) is 12.3. The minimum Gasteiger partial charge on any atom is -0.493 e. The molecule has 1 N–H and O–H groups in total. The van der Waals surface area contributed by atoms with Crippen molar-refractivity contribution in [3.63, 3.8) is 0 Å². The van der Waals surface area contributed by atoms with Crippen molar-refractivity contribution >= 4 is 11.9 Å². The Bertz CT molecular complexity index is 1100. The van der Waals surface area contributed by atoms with Crippen LogP contribution in [-0.2, 0) is 14.3 Å². The van der Waals surface area contributed by atoms with Gasteiger partial charge in [0, 0.05) is 36.9 Å². The van der Waals surface area contributed by atoms with E-state index in [1.807, 2.05) is 25.1 Å². The van der Waals surface area contributed by atoms with Crippen LogP contribution in [-0.4, -0.2) is 54.8 Å². The summed E-state index contributed by atoms with van der Waals surface area (Å²) in [6, 6.07) is 11.1. The highest BCUT2D eigenvalue weighted by Gasteiger charge is 2.49. The number of hydrogen-bond acceptors (Lipinski definition) is 6. The molecule has 0 aromatic heterocycles. The number of aliphatic hydroxyl groups excluding tert-OH is 1. The van der Waals surface area contributed by atoms with Gasteiger partial charge in [-0.1, -0.05) is 25.1 Å². The molecule has 4 rings (SSSR count). The first-order chi connectivity index (χ1) is 17.1. The number of carbonyl (C=O) groups is 2. The number of esters is 1. The summed E-state index contributed by atoms with van der Waals surface area (Å²) >= 11 is 0. The zero-order valence-corrected chi connectivity index (χ0v) is 21.2. The highest BCUT2D eigenvalue weighted by Crippen LogP contribution is 2.47. The van der Waals surface area contributed by atoms with Gasteiger partial charge in [-0.3, -0.25) is 9.59 Å². The smallest absolute Gasteiger partial charge is 0.303 e. The van der Waals surface area contributed by atoms with Gasteiger partial charge < -0.3 is 24.2 Å². The van der Waals surface area contributed by atoms with Crippen LogP contribution in [0.5, 0.6) is 11.5 Å². The highest BCUT2D eigenvalue weighted by atomic mass is 19.1. The van der Waals surface area contributed by atoms with E-state index in [0.717, 1.165) is 5.56 Å². The predicted molar refractivity (Wildman–Crippen MR) is 131 cm³/mol. The van der Waals surface area contributed by atoms with Gasteiger partial charge in [0.25, 0.3) is 5.91 Å². The molecule has 8 heteroatoms. The number of methoxy groups -OCH3 is 1. The predicted octanol–water partition coefficient (Wildman–Crippen LogP) is 4.24. The van der Waals surface area contributed by atoms with Gasteiger partial charge in [0.15, 0.2) is 11.5 Å². The Morgan fingerprint density at radius 3 is 2.44 bits per heavy atom. The number of nitrogens with zero attached hydrogens (tertiary/aromatic N) is 1. The normalized spacial score (nSPS) is 23.2. The number of benzene rings is 2. The summed E-state index contributed by atoms with van der Waals surface area (Å²) in [6.07, 6.45) is 0.406. The maximum absolute atomic E-state index is 13.6. The van der Waals surface area contributed by atoms with Crippen molar-refractivity contribution in [2.75, 3.05) is 26.8 Å². The number of likely N-dealkylation sites (tertiary alicyclic amines) is 1. The van der Waals surface area contributed by atoms with Crippen LogP contribution in [0, 0.1) is 17.2 Å². The minimum atomic E-state index is -1.20. The Morgan fingerprint density at radius 2 is 1.86 bits per heavy atom. The van der Waals surface area contributed by atoms with Gasteiger partial charge in [-0.15, -0.1) is 0 Å². The number of halogens is 1. The average Bonchev–Trinajstić information content (AvgIpc) is 3.61. The van der Waals surface area contributed by atoms with Gasteiger partial charge in [0.1, 0.15) is 5.82 Å². The van der Waals surface area contributed by atoms with Crippen molar-refractivity contribution in [2.24, 2.45) is 11.3 Å². The lowest BCUT2D eigenvalue weighted by Gasteiger charge is -2.34. The summed E-state index contributed by atoms with van der Waals surface area (Å²) in [5.74, 6) is 0.172. The third kappa shape index (κ3) is 5.48. The molecule has 1 aliphatic heterocycles. The highest BCUT2D eigenvalue weighted by molar-refractivity contribution is 5.85. The van der Waals surface area contributed by atoms with E-state index in [4.69, 9.17) is 14.2 Å². The van der Waals surface area contributed by atoms with Crippen molar-refractivity contribution in [3.05, 3.63) is 59.4 Å². The zero-order chi connectivity index (χ0) is 26.0. The SMILES string of the molecule is COc1ccc(C2CN(C(=O)C(OC(C)=O)c3ccc(F)cc3)CC2(C)C(C)O)cc1OCC1CC1. The standard InChI is InChI=1S/C28H34FNO6/c1-17(31)28(3)16-30(27(33)26(36-18(2)32)20-7-10-22(29)11-8-20)14-23(28)21-9-12-24(34-4)25(13-21)35-15-19-5-6-19/h7-13,17,19,23,26,31H,5-6,14-16H2,1-4H3. The van der Waals surface area contributed by atoms with Crippen LogP contribution in [0.2, 0.25) is 0 Å². The molecule has 2 fully saturated rings. The van der Waals surface area contributed by atoms with Crippen LogP contribution in [0.1, 0.15) is 56.8 Å². The largest absolute Gasteiger partial charge is 0.493 e. The molecule has 1 saturated heterocycles. The fourth-order valence-corrected chi connectivity index (χ4v) is 4.84. The first kappa shape index (κ1) is 25.9.